The second-order valence-corrected chi connectivity index (χ2v) is 7.93. The number of hydrogen-bond donors (Lipinski definition) is 4. The second kappa shape index (κ2) is 6.55. The minimum absolute atomic E-state index is 0.0333. The summed E-state index contributed by atoms with van der Waals surface area (Å²) in [6.07, 6.45) is 5.43. The first-order valence-corrected chi connectivity index (χ1v) is 9.31. The van der Waals surface area contributed by atoms with E-state index in [-0.39, 0.29) is 17.7 Å². The Bertz CT molecular complexity index is 411. The van der Waals surface area contributed by atoms with Gasteiger partial charge in [0.1, 0.15) is 6.17 Å². The Morgan fingerprint density at radius 2 is 1.83 bits per heavy atom. The van der Waals surface area contributed by atoms with Crippen LogP contribution >= 0.6 is 0 Å². The Kier molecular flexibility index (Phi) is 4.62. The summed E-state index contributed by atoms with van der Waals surface area (Å²) in [7, 11) is 0. The fraction of sp³-hybridized carbons (Fsp3) is 1.00. The maximum absolute atomic E-state index is 6.31. The average molecular weight is 324 g/mol. The van der Waals surface area contributed by atoms with E-state index in [1.807, 2.05) is 0 Å². The lowest BCUT2D eigenvalue weighted by atomic mass is 9.70. The van der Waals surface area contributed by atoms with Gasteiger partial charge in [-0.05, 0) is 38.6 Å². The van der Waals surface area contributed by atoms with Gasteiger partial charge in [-0.1, -0.05) is 6.42 Å². The molecule has 5 N–H and O–H groups in total. The first kappa shape index (κ1) is 16.2. The molecule has 4 aliphatic rings. The highest BCUT2D eigenvalue weighted by molar-refractivity contribution is 5.03. The zero-order valence-electron chi connectivity index (χ0n) is 14.3. The van der Waals surface area contributed by atoms with Crippen LogP contribution in [0.3, 0.4) is 0 Å². The number of hydrogen-bond acceptors (Lipinski definition) is 7. The Morgan fingerprint density at radius 1 is 1.09 bits per heavy atom. The van der Waals surface area contributed by atoms with Gasteiger partial charge >= 0.3 is 0 Å². The van der Waals surface area contributed by atoms with Gasteiger partial charge in [0.15, 0.2) is 0 Å². The summed E-state index contributed by atoms with van der Waals surface area (Å²) in [5.41, 5.74) is 12.8. The minimum atomic E-state index is 0.0333. The molecule has 3 saturated heterocycles. The number of piperidine rings is 1. The third-order valence-corrected chi connectivity index (χ3v) is 6.64. The molecule has 7 heteroatoms. The van der Waals surface area contributed by atoms with Gasteiger partial charge in [-0.15, -0.1) is 0 Å². The Hall–Kier alpha value is -0.280. The summed E-state index contributed by atoms with van der Waals surface area (Å²) >= 11 is 0. The largest absolute Gasteiger partial charge is 0.325 e. The molecule has 3 heterocycles. The molecule has 1 aliphatic carbocycles. The molecular weight excluding hydrogens is 292 g/mol. The molecule has 0 aromatic heterocycles. The van der Waals surface area contributed by atoms with E-state index in [1.165, 1.54) is 25.7 Å². The van der Waals surface area contributed by atoms with Crippen LogP contribution in [0.15, 0.2) is 0 Å². The van der Waals surface area contributed by atoms with Crippen LogP contribution in [0.1, 0.15) is 32.6 Å². The van der Waals surface area contributed by atoms with Gasteiger partial charge in [0, 0.05) is 44.8 Å². The van der Waals surface area contributed by atoms with Gasteiger partial charge < -0.3 is 11.1 Å². The number of piperazine rings is 1. The van der Waals surface area contributed by atoms with Gasteiger partial charge in [-0.25, -0.2) is 4.94 Å². The molecule has 4 rings (SSSR count). The highest BCUT2D eigenvalue weighted by Gasteiger charge is 2.51. The Morgan fingerprint density at radius 3 is 2.48 bits per heavy atom. The van der Waals surface area contributed by atoms with Crippen LogP contribution in [-0.4, -0.2) is 72.9 Å². The van der Waals surface area contributed by atoms with Crippen molar-refractivity contribution >= 4 is 0 Å². The molecule has 0 bridgehead atoms. The monoisotopic (exact) mass is 324 g/mol. The molecule has 0 aromatic carbocycles. The summed E-state index contributed by atoms with van der Waals surface area (Å²) in [5.74, 6) is 0.721. The van der Waals surface area contributed by atoms with Crippen molar-refractivity contribution in [1.29, 1.82) is 0 Å². The van der Waals surface area contributed by atoms with Gasteiger partial charge in [0.2, 0.25) is 0 Å². The summed E-state index contributed by atoms with van der Waals surface area (Å²) in [6, 6.07) is 0.812. The van der Waals surface area contributed by atoms with Crippen LogP contribution in [0.25, 0.3) is 0 Å². The zero-order chi connectivity index (χ0) is 15.9. The van der Waals surface area contributed by atoms with Crippen molar-refractivity contribution in [1.82, 2.24) is 26.1 Å². The van der Waals surface area contributed by atoms with Crippen molar-refractivity contribution in [3.8, 4) is 0 Å². The van der Waals surface area contributed by atoms with Gasteiger partial charge in [-0.3, -0.25) is 9.80 Å². The van der Waals surface area contributed by atoms with Crippen molar-refractivity contribution in [3.63, 3.8) is 0 Å². The van der Waals surface area contributed by atoms with E-state index in [0.717, 1.165) is 45.2 Å². The lowest BCUT2D eigenvalue weighted by Crippen LogP contribution is -2.66. The van der Waals surface area contributed by atoms with Crippen molar-refractivity contribution in [2.45, 2.75) is 56.4 Å². The van der Waals surface area contributed by atoms with Crippen LogP contribution < -0.4 is 22.0 Å². The van der Waals surface area contributed by atoms with E-state index in [1.54, 1.807) is 0 Å². The predicted molar refractivity (Wildman–Crippen MR) is 89.3 cm³/mol. The van der Waals surface area contributed by atoms with Crippen LogP contribution in [-0.2, 0) is 4.94 Å². The van der Waals surface area contributed by atoms with Gasteiger partial charge in [0.05, 0.1) is 5.54 Å². The fourth-order valence-electron chi connectivity index (χ4n) is 4.79. The van der Waals surface area contributed by atoms with Gasteiger partial charge in [0.25, 0.3) is 0 Å². The number of nitrogens with two attached hydrogens (primary N) is 1. The van der Waals surface area contributed by atoms with E-state index in [4.69, 9.17) is 10.7 Å². The topological polar surface area (TPSA) is 77.8 Å². The molecule has 3 aliphatic heterocycles. The Balaban J connectivity index is 1.35. The molecule has 0 spiro atoms. The van der Waals surface area contributed by atoms with Crippen LogP contribution in [0, 0.1) is 5.92 Å². The van der Waals surface area contributed by atoms with Crippen LogP contribution in [0.5, 0.6) is 0 Å². The summed E-state index contributed by atoms with van der Waals surface area (Å²) in [4.78, 5) is 10.6. The molecule has 7 nitrogen and oxygen atoms in total. The standard InChI is InChI=1S/C16H32N6O/c1-16(12-3-2-4-12)15(19-23-20-16)22-9-7-21(8-10-22)14-5-6-18-11-13(14)17/h12-15,18-20H,2-11,17H2,1H3. The maximum Gasteiger partial charge on any atom is 0.106 e. The molecule has 0 aromatic rings. The Labute approximate surface area is 139 Å². The number of nitrogens with zero attached hydrogens (tertiary/aromatic N) is 2. The number of nitrogens with one attached hydrogen (secondary N) is 3. The third-order valence-electron chi connectivity index (χ3n) is 6.64. The highest BCUT2D eigenvalue weighted by Crippen LogP contribution is 2.40. The quantitative estimate of drug-likeness (QED) is 0.542. The molecule has 4 unspecified atom stereocenters. The lowest BCUT2D eigenvalue weighted by molar-refractivity contribution is -0.0218. The molecule has 0 radical (unpaired) electrons. The number of rotatable bonds is 3. The molecule has 0 amide bonds. The predicted octanol–water partition coefficient (Wildman–Crippen LogP) is -0.782. The SMILES string of the molecule is CC1(C2CCC2)NONC1N1CCN(C2CCNCC2N)CC1. The maximum atomic E-state index is 6.31. The van der Waals surface area contributed by atoms with Crippen LogP contribution in [0.2, 0.25) is 0 Å². The van der Waals surface area contributed by atoms with Crippen LogP contribution in [0.4, 0.5) is 0 Å². The summed E-state index contributed by atoms with van der Waals surface area (Å²) in [5, 5.41) is 3.40. The van der Waals surface area contributed by atoms with E-state index >= 15 is 0 Å². The normalized spacial score (nSPS) is 44.3. The molecule has 4 fully saturated rings. The molecular formula is C16H32N6O. The summed E-state index contributed by atoms with van der Waals surface area (Å²) in [6.45, 7) is 8.75. The third kappa shape index (κ3) is 2.93. The first-order valence-electron chi connectivity index (χ1n) is 9.31. The molecule has 1 saturated carbocycles. The van der Waals surface area contributed by atoms with E-state index in [9.17, 15) is 0 Å². The minimum Gasteiger partial charge on any atom is -0.325 e. The number of hydroxylamine groups is 2. The fourth-order valence-corrected chi connectivity index (χ4v) is 4.79. The van der Waals surface area contributed by atoms with E-state index < -0.39 is 0 Å². The lowest BCUT2D eigenvalue weighted by Gasteiger charge is -2.49. The highest BCUT2D eigenvalue weighted by atomic mass is 16.8. The summed E-state index contributed by atoms with van der Waals surface area (Å²) < 4.78 is 0. The zero-order valence-corrected chi connectivity index (χ0v) is 14.3. The van der Waals surface area contributed by atoms with Crippen molar-refractivity contribution in [2.24, 2.45) is 11.7 Å². The first-order chi connectivity index (χ1) is 11.2. The van der Waals surface area contributed by atoms with Gasteiger partial charge in [-0.2, -0.15) is 11.0 Å². The second-order valence-electron chi connectivity index (χ2n) is 7.93. The molecule has 4 atom stereocenters. The smallest absolute Gasteiger partial charge is 0.106 e. The average Bonchev–Trinajstić information content (AvgIpc) is 2.88. The molecule has 23 heavy (non-hydrogen) atoms. The van der Waals surface area contributed by atoms with Crippen molar-refractivity contribution in [3.05, 3.63) is 0 Å². The van der Waals surface area contributed by atoms with Crippen molar-refractivity contribution < 1.29 is 4.94 Å². The van der Waals surface area contributed by atoms with E-state index in [0.29, 0.717) is 6.04 Å². The van der Waals surface area contributed by atoms with Crippen molar-refractivity contribution in [2.75, 3.05) is 39.3 Å². The van der Waals surface area contributed by atoms with E-state index in [2.05, 4.69) is 33.0 Å². The molecule has 132 valence electrons.